The fourth-order valence-corrected chi connectivity index (χ4v) is 3.51. The predicted octanol–water partition coefficient (Wildman–Crippen LogP) is 0.760. The van der Waals surface area contributed by atoms with Crippen LogP contribution in [-0.2, 0) is 16.1 Å². The number of carbonyl (C=O) groups excluding carboxylic acids is 2. The number of hydrogen-bond acceptors (Lipinski definition) is 5. The van der Waals surface area contributed by atoms with E-state index in [1.807, 2.05) is 24.3 Å². The van der Waals surface area contributed by atoms with Crippen molar-refractivity contribution in [3.05, 3.63) is 35.4 Å². The number of amides is 2. The lowest BCUT2D eigenvalue weighted by atomic mass is 10.1. The molecule has 2 atom stereocenters. The number of carbonyl (C=O) groups is 2. The van der Waals surface area contributed by atoms with E-state index in [1.165, 1.54) is 0 Å². The van der Waals surface area contributed by atoms with Crippen molar-refractivity contribution in [2.45, 2.75) is 44.3 Å². The van der Waals surface area contributed by atoms with Crippen LogP contribution in [0.5, 0.6) is 0 Å². The molecule has 2 aliphatic rings. The fourth-order valence-electron chi connectivity index (χ4n) is 3.51. The summed E-state index contributed by atoms with van der Waals surface area (Å²) >= 11 is 0. The van der Waals surface area contributed by atoms with E-state index in [1.54, 1.807) is 11.1 Å². The summed E-state index contributed by atoms with van der Waals surface area (Å²) < 4.78 is 0. The third-order valence-electron chi connectivity index (χ3n) is 4.87. The summed E-state index contributed by atoms with van der Waals surface area (Å²) in [6.45, 7) is 1.99. The number of nitrogens with two attached hydrogens (primary N) is 1. The summed E-state index contributed by atoms with van der Waals surface area (Å²) in [7, 11) is 0. The number of nitrogens with zero attached hydrogens (tertiary/aromatic N) is 2. The molecule has 7 nitrogen and oxygen atoms in total. The van der Waals surface area contributed by atoms with Crippen molar-refractivity contribution in [3.63, 3.8) is 0 Å². The number of hydrogen-bond donors (Lipinski definition) is 3. The lowest BCUT2D eigenvalue weighted by Gasteiger charge is -2.26. The normalized spacial score (nSPS) is 22.4. The van der Waals surface area contributed by atoms with Gasteiger partial charge in [0, 0.05) is 13.1 Å². The molecule has 0 radical (unpaired) electrons. The van der Waals surface area contributed by atoms with Gasteiger partial charge in [-0.2, -0.15) is 5.10 Å². The highest BCUT2D eigenvalue weighted by Gasteiger charge is 2.37. The maximum Gasteiger partial charge on any atom is 0.243 e. The Kier molecular flexibility index (Phi) is 7.41. The minimum Gasteiger partial charge on any atom is -0.350 e. The second-order valence-corrected chi connectivity index (χ2v) is 6.58. The molecule has 0 aromatic heterocycles. The quantitative estimate of drug-likeness (QED) is 0.399. The van der Waals surface area contributed by atoms with Crippen LogP contribution in [-0.4, -0.2) is 48.1 Å². The van der Waals surface area contributed by atoms with Crippen LogP contribution in [0.25, 0.3) is 0 Å². The van der Waals surface area contributed by atoms with Gasteiger partial charge in [0.2, 0.25) is 11.8 Å². The minimum absolute atomic E-state index is 0. The molecule has 0 aliphatic carbocycles. The molecule has 0 saturated carbocycles. The first-order valence-electron chi connectivity index (χ1n) is 8.83. The van der Waals surface area contributed by atoms with Crippen LogP contribution >= 0.6 is 12.4 Å². The molecule has 0 unspecified atom stereocenters. The molecule has 2 heterocycles. The first kappa shape index (κ1) is 20.2. The Balaban J connectivity index is 0.00000243. The molecular weight excluding hydrogens is 354 g/mol. The van der Waals surface area contributed by atoms with Crippen LogP contribution in [0.4, 0.5) is 0 Å². The molecule has 4 N–H and O–H groups in total. The van der Waals surface area contributed by atoms with E-state index in [0.29, 0.717) is 13.1 Å². The average molecular weight is 380 g/mol. The van der Waals surface area contributed by atoms with Crippen molar-refractivity contribution >= 4 is 30.4 Å². The van der Waals surface area contributed by atoms with Crippen LogP contribution in [0.15, 0.2) is 29.4 Å². The van der Waals surface area contributed by atoms with Crippen LogP contribution < -0.4 is 16.5 Å². The molecule has 0 bridgehead atoms. The van der Waals surface area contributed by atoms with Gasteiger partial charge in [0.15, 0.2) is 0 Å². The molecule has 2 fully saturated rings. The van der Waals surface area contributed by atoms with Gasteiger partial charge >= 0.3 is 0 Å². The maximum atomic E-state index is 12.6. The second-order valence-electron chi connectivity index (χ2n) is 6.58. The largest absolute Gasteiger partial charge is 0.350 e. The Morgan fingerprint density at radius 3 is 2.69 bits per heavy atom. The van der Waals surface area contributed by atoms with Crippen LogP contribution in [0.3, 0.4) is 0 Å². The number of hydrazone groups is 1. The summed E-state index contributed by atoms with van der Waals surface area (Å²) in [5, 5.41) is 9.66. The van der Waals surface area contributed by atoms with Gasteiger partial charge in [0.1, 0.15) is 6.04 Å². The molecule has 1 aromatic rings. The molecule has 8 heteroatoms. The number of halogens is 1. The lowest BCUT2D eigenvalue weighted by Crippen LogP contribution is -2.50. The van der Waals surface area contributed by atoms with Crippen molar-refractivity contribution < 1.29 is 9.59 Å². The van der Waals surface area contributed by atoms with E-state index >= 15 is 0 Å². The summed E-state index contributed by atoms with van der Waals surface area (Å²) in [5.41, 5.74) is 1.91. The van der Waals surface area contributed by atoms with Gasteiger partial charge in [0.05, 0.1) is 12.3 Å². The molecule has 2 saturated heterocycles. The molecule has 2 aliphatic heterocycles. The van der Waals surface area contributed by atoms with Crippen LogP contribution in [0.1, 0.15) is 36.8 Å². The van der Waals surface area contributed by atoms with E-state index in [-0.39, 0.29) is 36.3 Å². The zero-order valence-corrected chi connectivity index (χ0v) is 15.5. The Morgan fingerprint density at radius 1 is 1.27 bits per heavy atom. The van der Waals surface area contributed by atoms with Gasteiger partial charge in [-0.25, -0.2) is 0 Å². The molecule has 142 valence electrons. The Morgan fingerprint density at radius 2 is 2.04 bits per heavy atom. The van der Waals surface area contributed by atoms with E-state index < -0.39 is 0 Å². The smallest absolute Gasteiger partial charge is 0.243 e. The number of nitrogens with one attached hydrogen (secondary N) is 2. The minimum atomic E-state index is -0.349. The third kappa shape index (κ3) is 4.74. The van der Waals surface area contributed by atoms with Gasteiger partial charge in [0.25, 0.3) is 0 Å². The summed E-state index contributed by atoms with van der Waals surface area (Å²) in [5.74, 6) is 5.12. The maximum absolute atomic E-state index is 12.6. The highest BCUT2D eigenvalue weighted by atomic mass is 35.5. The van der Waals surface area contributed by atoms with Crippen molar-refractivity contribution in [3.8, 4) is 0 Å². The first-order valence-corrected chi connectivity index (χ1v) is 8.83. The SMILES string of the molecule is Cl.NN=Cc1ccc(CNC(=O)[C@@H]2CCCN2C(=O)[C@@H]2CCCN2)cc1. The van der Waals surface area contributed by atoms with E-state index in [2.05, 4.69) is 15.7 Å². The monoisotopic (exact) mass is 379 g/mol. The number of benzene rings is 1. The van der Waals surface area contributed by atoms with E-state index in [0.717, 1.165) is 43.4 Å². The summed E-state index contributed by atoms with van der Waals surface area (Å²) in [6, 6.07) is 7.18. The predicted molar refractivity (Wildman–Crippen MR) is 103 cm³/mol. The van der Waals surface area contributed by atoms with Gasteiger partial charge in [-0.1, -0.05) is 24.3 Å². The Bertz CT molecular complexity index is 643. The highest BCUT2D eigenvalue weighted by Crippen LogP contribution is 2.21. The zero-order valence-electron chi connectivity index (χ0n) is 14.7. The first-order chi connectivity index (χ1) is 12.2. The standard InChI is InChI=1S/C18H25N5O2.ClH/c19-22-12-14-7-5-13(6-8-14)11-21-17(24)16-4-2-10-23(16)18(25)15-3-1-9-20-15;/h5-8,12,15-16,20H,1-4,9-11,19H2,(H,21,24);1H/t15-,16-;/m0./s1. The topological polar surface area (TPSA) is 99.8 Å². The number of likely N-dealkylation sites (tertiary alicyclic amines) is 1. The third-order valence-corrected chi connectivity index (χ3v) is 4.87. The van der Waals surface area contributed by atoms with Crippen LogP contribution in [0.2, 0.25) is 0 Å². The van der Waals surface area contributed by atoms with Gasteiger partial charge in [-0.05, 0) is 43.4 Å². The van der Waals surface area contributed by atoms with Gasteiger partial charge in [-0.3, -0.25) is 9.59 Å². The molecule has 3 rings (SSSR count). The number of rotatable bonds is 5. The van der Waals surface area contributed by atoms with Crippen molar-refractivity contribution in [2.75, 3.05) is 13.1 Å². The van der Waals surface area contributed by atoms with Gasteiger partial charge < -0.3 is 21.4 Å². The molecule has 0 spiro atoms. The van der Waals surface area contributed by atoms with Gasteiger partial charge in [-0.15, -0.1) is 12.4 Å². The zero-order chi connectivity index (χ0) is 17.6. The molecule has 1 aromatic carbocycles. The highest BCUT2D eigenvalue weighted by molar-refractivity contribution is 5.90. The van der Waals surface area contributed by atoms with Crippen molar-refractivity contribution in [2.24, 2.45) is 10.9 Å². The average Bonchev–Trinajstić information content (AvgIpc) is 3.32. The van der Waals surface area contributed by atoms with Crippen molar-refractivity contribution in [1.29, 1.82) is 0 Å². The van der Waals surface area contributed by atoms with E-state index in [9.17, 15) is 9.59 Å². The lowest BCUT2D eigenvalue weighted by molar-refractivity contribution is -0.139. The second kappa shape index (κ2) is 9.54. The Labute approximate surface area is 159 Å². The van der Waals surface area contributed by atoms with E-state index in [4.69, 9.17) is 5.84 Å². The summed E-state index contributed by atoms with van der Waals surface area (Å²) in [4.78, 5) is 26.9. The van der Waals surface area contributed by atoms with Crippen LogP contribution in [0, 0.1) is 0 Å². The molecule has 2 amide bonds. The Hall–Kier alpha value is -2.12. The molecule has 26 heavy (non-hydrogen) atoms. The van der Waals surface area contributed by atoms with Crippen molar-refractivity contribution in [1.82, 2.24) is 15.5 Å². The summed E-state index contributed by atoms with van der Waals surface area (Å²) in [6.07, 6.45) is 5.06. The molecular formula is C18H26ClN5O2. The fraction of sp³-hybridized carbons (Fsp3) is 0.500.